The summed E-state index contributed by atoms with van der Waals surface area (Å²) >= 11 is 1.26. The number of allylic oxidation sites excluding steroid dienone is 1. The van der Waals surface area contributed by atoms with E-state index in [1.807, 2.05) is 0 Å². The van der Waals surface area contributed by atoms with Gasteiger partial charge in [-0.25, -0.2) is 0 Å². The van der Waals surface area contributed by atoms with Crippen LogP contribution in [-0.2, 0) is 4.79 Å². The molecule has 2 N–H and O–H groups in total. The maximum Gasteiger partial charge on any atom is 0.263 e. The van der Waals surface area contributed by atoms with E-state index in [0.29, 0.717) is 5.92 Å². The molecule has 0 aromatic heterocycles. The number of hydrogen-bond acceptors (Lipinski definition) is 3. The van der Waals surface area contributed by atoms with E-state index in [1.165, 1.54) is 56.7 Å². The summed E-state index contributed by atoms with van der Waals surface area (Å²) in [6.45, 7) is 4.43. The highest BCUT2D eigenvalue weighted by Crippen LogP contribution is 2.27. The molecule has 1 aliphatic rings. The zero-order valence-corrected chi connectivity index (χ0v) is 12.9. The van der Waals surface area contributed by atoms with E-state index in [-0.39, 0.29) is 11.1 Å². The Hall–Kier alpha value is -0.770. The number of amides is 1. The van der Waals surface area contributed by atoms with Gasteiger partial charge in [0.05, 0.1) is 4.91 Å². The number of hydrogen-bond donors (Lipinski definition) is 2. The fourth-order valence-corrected chi connectivity index (χ4v) is 3.05. The van der Waals surface area contributed by atoms with E-state index in [1.54, 1.807) is 0 Å². The highest BCUT2D eigenvalue weighted by molar-refractivity contribution is 8.18. The van der Waals surface area contributed by atoms with Crippen LogP contribution < -0.4 is 5.32 Å². The second kappa shape index (κ2) is 9.18. The molecule has 1 rings (SSSR count). The van der Waals surface area contributed by atoms with Gasteiger partial charge in [0.15, 0.2) is 5.17 Å². The van der Waals surface area contributed by atoms with Crippen molar-refractivity contribution in [2.75, 3.05) is 0 Å². The standard InChI is InChI=1S/C15H26N2OS/c1-3-5-7-8-10-12(9-6-4-2)11-13-14(18)17-15(16)19-13/h11-12H,3-10H2,1-2H3,(H2,16,17,18)/b13-11-. The summed E-state index contributed by atoms with van der Waals surface area (Å²) in [6.07, 6.45) is 11.9. The topological polar surface area (TPSA) is 53.0 Å². The Morgan fingerprint density at radius 2 is 1.84 bits per heavy atom. The van der Waals surface area contributed by atoms with Crippen LogP contribution in [0, 0.1) is 11.3 Å². The van der Waals surface area contributed by atoms with Gasteiger partial charge in [-0.2, -0.15) is 0 Å². The lowest BCUT2D eigenvalue weighted by Crippen LogP contribution is -2.18. The van der Waals surface area contributed by atoms with Crippen molar-refractivity contribution in [2.24, 2.45) is 5.92 Å². The third-order valence-corrected chi connectivity index (χ3v) is 4.25. The third-order valence-electron chi connectivity index (χ3n) is 3.41. The van der Waals surface area contributed by atoms with Gasteiger partial charge in [-0.1, -0.05) is 58.4 Å². The van der Waals surface area contributed by atoms with Gasteiger partial charge in [0, 0.05) is 0 Å². The van der Waals surface area contributed by atoms with Crippen LogP contribution in [0.3, 0.4) is 0 Å². The van der Waals surface area contributed by atoms with Crippen LogP contribution in [-0.4, -0.2) is 11.1 Å². The first kappa shape index (κ1) is 16.3. The molecule has 0 aliphatic carbocycles. The molecule has 1 atom stereocenters. The highest BCUT2D eigenvalue weighted by atomic mass is 32.2. The lowest BCUT2D eigenvalue weighted by molar-refractivity contribution is -0.115. The summed E-state index contributed by atoms with van der Waals surface area (Å²) in [7, 11) is 0. The molecule has 108 valence electrons. The van der Waals surface area contributed by atoms with E-state index < -0.39 is 0 Å². The molecule has 1 amide bonds. The van der Waals surface area contributed by atoms with Crippen LogP contribution in [0.4, 0.5) is 0 Å². The predicted octanol–water partition coefficient (Wildman–Crippen LogP) is 4.44. The second-order valence-electron chi connectivity index (χ2n) is 5.17. The minimum Gasteiger partial charge on any atom is -0.301 e. The van der Waals surface area contributed by atoms with Crippen LogP contribution in [0.25, 0.3) is 0 Å². The molecule has 0 saturated carbocycles. The van der Waals surface area contributed by atoms with Gasteiger partial charge >= 0.3 is 0 Å². The Kier molecular flexibility index (Phi) is 7.87. The zero-order valence-electron chi connectivity index (χ0n) is 12.1. The Morgan fingerprint density at radius 1 is 1.16 bits per heavy atom. The maximum atomic E-state index is 11.6. The fraction of sp³-hybridized carbons (Fsp3) is 0.733. The minimum absolute atomic E-state index is 0.0925. The fourth-order valence-electron chi connectivity index (χ4n) is 2.28. The van der Waals surface area contributed by atoms with Gasteiger partial charge < -0.3 is 5.32 Å². The number of amidine groups is 1. The highest BCUT2D eigenvalue weighted by Gasteiger charge is 2.23. The molecule has 0 aromatic rings. The first-order valence-corrected chi connectivity index (χ1v) is 8.28. The monoisotopic (exact) mass is 282 g/mol. The minimum atomic E-state index is -0.0925. The Bertz CT molecular complexity index is 339. The van der Waals surface area contributed by atoms with Crippen molar-refractivity contribution < 1.29 is 4.79 Å². The predicted molar refractivity (Wildman–Crippen MR) is 83.3 cm³/mol. The van der Waals surface area contributed by atoms with Gasteiger partial charge in [-0.05, 0) is 30.5 Å². The molecule has 4 heteroatoms. The largest absolute Gasteiger partial charge is 0.301 e. The van der Waals surface area contributed by atoms with E-state index in [2.05, 4.69) is 25.2 Å². The number of unbranched alkanes of at least 4 members (excludes halogenated alkanes) is 4. The molecule has 0 radical (unpaired) electrons. The molecule has 1 unspecified atom stereocenters. The molecule has 1 aliphatic heterocycles. The molecule has 1 saturated heterocycles. The molecule has 1 fully saturated rings. The van der Waals surface area contributed by atoms with E-state index in [4.69, 9.17) is 5.41 Å². The van der Waals surface area contributed by atoms with Gasteiger partial charge in [0.25, 0.3) is 5.91 Å². The number of carbonyl (C=O) groups is 1. The van der Waals surface area contributed by atoms with Gasteiger partial charge in [0.2, 0.25) is 0 Å². The van der Waals surface area contributed by atoms with Gasteiger partial charge in [-0.3, -0.25) is 10.2 Å². The van der Waals surface area contributed by atoms with Crippen LogP contribution in [0.2, 0.25) is 0 Å². The first-order chi connectivity index (χ1) is 9.17. The summed E-state index contributed by atoms with van der Waals surface area (Å²) in [6, 6.07) is 0. The second-order valence-corrected chi connectivity index (χ2v) is 6.22. The number of carbonyl (C=O) groups excluding carboxylic acids is 1. The molecule has 19 heavy (non-hydrogen) atoms. The summed E-state index contributed by atoms with van der Waals surface area (Å²) in [4.78, 5) is 12.4. The normalized spacial score (nSPS) is 18.9. The Balaban J connectivity index is 2.50. The molecule has 0 bridgehead atoms. The molecule has 3 nitrogen and oxygen atoms in total. The summed E-state index contributed by atoms with van der Waals surface area (Å²) in [5, 5.41) is 10.3. The van der Waals surface area contributed by atoms with E-state index >= 15 is 0 Å². The smallest absolute Gasteiger partial charge is 0.263 e. The number of nitrogens with one attached hydrogen (secondary N) is 2. The van der Waals surface area contributed by atoms with Crippen molar-refractivity contribution in [1.29, 1.82) is 5.41 Å². The first-order valence-electron chi connectivity index (χ1n) is 7.47. The van der Waals surface area contributed by atoms with Crippen LogP contribution >= 0.6 is 11.8 Å². The number of thioether (sulfide) groups is 1. The molecule has 0 aromatic carbocycles. The molecule has 1 heterocycles. The lowest BCUT2D eigenvalue weighted by Gasteiger charge is -2.12. The van der Waals surface area contributed by atoms with Crippen LogP contribution in [0.1, 0.15) is 65.2 Å². The van der Waals surface area contributed by atoms with Crippen molar-refractivity contribution in [2.45, 2.75) is 65.2 Å². The van der Waals surface area contributed by atoms with Crippen molar-refractivity contribution >= 4 is 22.8 Å². The summed E-state index contributed by atoms with van der Waals surface area (Å²) in [5.41, 5.74) is 0. The summed E-state index contributed by atoms with van der Waals surface area (Å²) in [5.74, 6) is 0.404. The van der Waals surface area contributed by atoms with Gasteiger partial charge in [-0.15, -0.1) is 0 Å². The molecule has 0 spiro atoms. The quantitative estimate of drug-likeness (QED) is 0.485. The van der Waals surface area contributed by atoms with Crippen molar-refractivity contribution in [3.63, 3.8) is 0 Å². The van der Waals surface area contributed by atoms with E-state index in [0.717, 1.165) is 11.3 Å². The van der Waals surface area contributed by atoms with Crippen molar-refractivity contribution in [3.05, 3.63) is 11.0 Å². The zero-order chi connectivity index (χ0) is 14.1. The average Bonchev–Trinajstić information content (AvgIpc) is 2.69. The summed E-state index contributed by atoms with van der Waals surface area (Å²) < 4.78 is 0. The Morgan fingerprint density at radius 3 is 2.42 bits per heavy atom. The van der Waals surface area contributed by atoms with Crippen molar-refractivity contribution in [3.8, 4) is 0 Å². The lowest BCUT2D eigenvalue weighted by atomic mass is 9.94. The van der Waals surface area contributed by atoms with Crippen LogP contribution in [0.5, 0.6) is 0 Å². The third kappa shape index (κ3) is 6.28. The van der Waals surface area contributed by atoms with Crippen molar-refractivity contribution in [1.82, 2.24) is 5.32 Å². The van der Waals surface area contributed by atoms with E-state index in [9.17, 15) is 4.79 Å². The Labute approximate surface area is 121 Å². The molecular formula is C15H26N2OS. The SMILES string of the molecule is CCCCCCC(/C=C1\SC(=N)NC1=O)CCCC. The molecular weight excluding hydrogens is 256 g/mol. The van der Waals surface area contributed by atoms with Gasteiger partial charge in [0.1, 0.15) is 0 Å². The average molecular weight is 282 g/mol. The number of rotatable bonds is 9. The van der Waals surface area contributed by atoms with Crippen LogP contribution in [0.15, 0.2) is 11.0 Å². The maximum absolute atomic E-state index is 11.6.